The number of hydrogen-bond donors (Lipinski definition) is 1. The molecule has 3 rings (SSSR count). The van der Waals surface area contributed by atoms with Gasteiger partial charge in [0, 0.05) is 11.4 Å². The summed E-state index contributed by atoms with van der Waals surface area (Å²) >= 11 is 0. The predicted octanol–water partition coefficient (Wildman–Crippen LogP) is 1.31. The minimum Gasteiger partial charge on any atom is -0.229 e. The lowest BCUT2D eigenvalue weighted by atomic mass is 10.1. The summed E-state index contributed by atoms with van der Waals surface area (Å²) in [6.45, 7) is 0. The molecule has 0 aliphatic carbocycles. The predicted molar refractivity (Wildman–Crippen MR) is 81.3 cm³/mol. The van der Waals surface area contributed by atoms with Crippen LogP contribution in [0.1, 0.15) is 6.42 Å². The molecule has 0 spiro atoms. The number of hydrogen-bond acceptors (Lipinski definition) is 4. The van der Waals surface area contributed by atoms with Gasteiger partial charge in [-0.15, -0.1) is 0 Å². The molecule has 0 bridgehead atoms. The van der Waals surface area contributed by atoms with Gasteiger partial charge < -0.3 is 0 Å². The van der Waals surface area contributed by atoms with Crippen LogP contribution in [0.25, 0.3) is 10.8 Å². The van der Waals surface area contributed by atoms with Crippen LogP contribution in [0.3, 0.4) is 0 Å². The molecule has 5 nitrogen and oxygen atoms in total. The maximum absolute atomic E-state index is 12.5. The van der Waals surface area contributed by atoms with E-state index in [2.05, 4.69) is 4.72 Å². The summed E-state index contributed by atoms with van der Waals surface area (Å²) in [6.07, 6.45) is 0.326. The molecular weight excluding hydrogens is 310 g/mol. The van der Waals surface area contributed by atoms with Gasteiger partial charge in [0.05, 0.1) is 16.4 Å². The van der Waals surface area contributed by atoms with Gasteiger partial charge in [0.2, 0.25) is 10.0 Å². The molecule has 0 amide bonds. The van der Waals surface area contributed by atoms with Crippen LogP contribution in [0.5, 0.6) is 0 Å². The van der Waals surface area contributed by atoms with Crippen molar-refractivity contribution in [2.45, 2.75) is 17.4 Å². The Bertz CT molecular complexity index is 883. The van der Waals surface area contributed by atoms with Crippen molar-refractivity contribution in [2.24, 2.45) is 0 Å². The van der Waals surface area contributed by atoms with Crippen molar-refractivity contribution in [1.29, 1.82) is 0 Å². The molecule has 1 N–H and O–H groups in total. The van der Waals surface area contributed by atoms with Crippen molar-refractivity contribution in [3.63, 3.8) is 0 Å². The fourth-order valence-corrected chi connectivity index (χ4v) is 5.88. The first kappa shape index (κ1) is 14.5. The quantitative estimate of drug-likeness (QED) is 0.922. The van der Waals surface area contributed by atoms with E-state index in [1.165, 1.54) is 6.07 Å². The largest absolute Gasteiger partial charge is 0.241 e. The first-order valence-electron chi connectivity index (χ1n) is 6.58. The Hall–Kier alpha value is -1.44. The van der Waals surface area contributed by atoms with Gasteiger partial charge in [0.1, 0.15) is 0 Å². The zero-order valence-electron chi connectivity index (χ0n) is 11.2. The fraction of sp³-hybridized carbons (Fsp3) is 0.286. The maximum Gasteiger partial charge on any atom is 0.241 e. The number of benzene rings is 2. The molecule has 0 radical (unpaired) electrons. The van der Waals surface area contributed by atoms with E-state index in [-0.39, 0.29) is 16.4 Å². The molecule has 7 heteroatoms. The van der Waals surface area contributed by atoms with Gasteiger partial charge in [0.25, 0.3) is 0 Å². The van der Waals surface area contributed by atoms with Gasteiger partial charge in [-0.25, -0.2) is 21.6 Å². The van der Waals surface area contributed by atoms with E-state index in [4.69, 9.17) is 0 Å². The van der Waals surface area contributed by atoms with Gasteiger partial charge in [-0.2, -0.15) is 0 Å². The molecule has 1 unspecified atom stereocenters. The molecule has 1 aliphatic heterocycles. The average Bonchev–Trinajstić information content (AvgIpc) is 2.76. The van der Waals surface area contributed by atoms with Crippen molar-refractivity contribution in [2.75, 3.05) is 11.5 Å². The van der Waals surface area contributed by atoms with Gasteiger partial charge in [-0.3, -0.25) is 0 Å². The maximum atomic E-state index is 12.5. The lowest BCUT2D eigenvalue weighted by Crippen LogP contribution is -2.35. The molecule has 0 aromatic heterocycles. The molecule has 2 aromatic rings. The molecule has 2 aromatic carbocycles. The number of nitrogens with one attached hydrogen (secondary N) is 1. The van der Waals surface area contributed by atoms with Crippen molar-refractivity contribution in [3.8, 4) is 0 Å². The summed E-state index contributed by atoms with van der Waals surface area (Å²) in [7, 11) is -6.85. The smallest absolute Gasteiger partial charge is 0.229 e. The SMILES string of the molecule is O=S1(=O)CCC(NS(=O)(=O)c2cccc3ccccc23)C1. The summed E-state index contributed by atoms with van der Waals surface area (Å²) in [5.74, 6) is -0.0906. The zero-order chi connectivity index (χ0) is 15.1. The third-order valence-corrected chi connectivity index (χ3v) is 6.94. The Labute approximate surface area is 124 Å². The van der Waals surface area contributed by atoms with Crippen LogP contribution in [-0.4, -0.2) is 34.4 Å². The number of rotatable bonds is 3. The number of sulfone groups is 1. The Morgan fingerprint density at radius 2 is 1.76 bits per heavy atom. The molecule has 1 atom stereocenters. The molecule has 1 fully saturated rings. The Balaban J connectivity index is 1.98. The highest BCUT2D eigenvalue weighted by Gasteiger charge is 2.31. The second-order valence-electron chi connectivity index (χ2n) is 5.20. The molecule has 1 saturated heterocycles. The van der Waals surface area contributed by atoms with Gasteiger partial charge in [-0.1, -0.05) is 36.4 Å². The molecule has 0 saturated carbocycles. The summed E-state index contributed by atoms with van der Waals surface area (Å²) in [6, 6.07) is 11.7. The Morgan fingerprint density at radius 1 is 1.05 bits per heavy atom. The highest BCUT2D eigenvalue weighted by molar-refractivity contribution is 7.92. The van der Waals surface area contributed by atoms with E-state index in [9.17, 15) is 16.8 Å². The lowest BCUT2D eigenvalue weighted by molar-refractivity contribution is 0.563. The van der Waals surface area contributed by atoms with Crippen LogP contribution >= 0.6 is 0 Å². The highest BCUT2D eigenvalue weighted by atomic mass is 32.2. The van der Waals surface area contributed by atoms with Crippen LogP contribution in [0.15, 0.2) is 47.4 Å². The van der Waals surface area contributed by atoms with Gasteiger partial charge in [0.15, 0.2) is 9.84 Å². The summed E-state index contributed by atoms with van der Waals surface area (Å²) in [5.41, 5.74) is 0. The summed E-state index contributed by atoms with van der Waals surface area (Å²) < 4.78 is 50.4. The second kappa shape index (κ2) is 5.08. The molecule has 112 valence electrons. The Morgan fingerprint density at radius 3 is 2.48 bits per heavy atom. The van der Waals surface area contributed by atoms with Crippen molar-refractivity contribution < 1.29 is 16.8 Å². The molecular formula is C14H15NO4S2. The third-order valence-electron chi connectivity index (χ3n) is 3.59. The molecule has 1 heterocycles. The van der Waals surface area contributed by atoms with Crippen LogP contribution in [0.4, 0.5) is 0 Å². The summed E-state index contributed by atoms with van der Waals surface area (Å²) in [4.78, 5) is 0.185. The van der Waals surface area contributed by atoms with Crippen LogP contribution in [-0.2, 0) is 19.9 Å². The van der Waals surface area contributed by atoms with Gasteiger partial charge >= 0.3 is 0 Å². The van der Waals surface area contributed by atoms with E-state index >= 15 is 0 Å². The topological polar surface area (TPSA) is 80.3 Å². The first-order chi connectivity index (χ1) is 9.87. The first-order valence-corrected chi connectivity index (χ1v) is 9.88. The van der Waals surface area contributed by atoms with E-state index < -0.39 is 25.9 Å². The Kier molecular flexibility index (Phi) is 3.51. The van der Waals surface area contributed by atoms with Crippen LogP contribution in [0, 0.1) is 0 Å². The van der Waals surface area contributed by atoms with E-state index in [0.717, 1.165) is 5.39 Å². The van der Waals surface area contributed by atoms with Gasteiger partial charge in [-0.05, 0) is 17.9 Å². The zero-order valence-corrected chi connectivity index (χ0v) is 12.8. The second-order valence-corrected chi connectivity index (χ2v) is 9.11. The number of sulfonamides is 1. The third kappa shape index (κ3) is 2.95. The van der Waals surface area contributed by atoms with Crippen LogP contribution < -0.4 is 4.72 Å². The van der Waals surface area contributed by atoms with E-state index in [1.807, 2.05) is 18.2 Å². The lowest BCUT2D eigenvalue weighted by Gasteiger charge is -2.13. The van der Waals surface area contributed by atoms with E-state index in [0.29, 0.717) is 11.8 Å². The minimum atomic E-state index is -3.73. The monoisotopic (exact) mass is 325 g/mol. The van der Waals surface area contributed by atoms with Crippen molar-refractivity contribution in [3.05, 3.63) is 42.5 Å². The van der Waals surface area contributed by atoms with Crippen molar-refractivity contribution in [1.82, 2.24) is 4.72 Å². The highest BCUT2D eigenvalue weighted by Crippen LogP contribution is 2.23. The minimum absolute atomic E-state index is 0.0374. The fourth-order valence-electron chi connectivity index (χ4n) is 2.60. The van der Waals surface area contributed by atoms with E-state index in [1.54, 1.807) is 18.2 Å². The summed E-state index contributed by atoms with van der Waals surface area (Å²) in [5, 5.41) is 1.47. The number of fused-ring (bicyclic) bond motifs is 1. The van der Waals surface area contributed by atoms with Crippen LogP contribution in [0.2, 0.25) is 0 Å². The normalized spacial score (nSPS) is 21.6. The van der Waals surface area contributed by atoms with Crippen molar-refractivity contribution >= 4 is 30.6 Å². The standard InChI is InChI=1S/C14H15NO4S2/c16-20(17)9-8-12(10-20)15-21(18,19)14-7-3-5-11-4-1-2-6-13(11)14/h1-7,12,15H,8-10H2. The molecule has 21 heavy (non-hydrogen) atoms. The molecule has 1 aliphatic rings. The average molecular weight is 325 g/mol.